The number of morpholine rings is 1. The van der Waals surface area contributed by atoms with Crippen molar-refractivity contribution >= 4 is 12.0 Å². The molecule has 1 aromatic rings. The SMILES string of the molecule is CCOC(=O)C(=C(C#N)CC#N)C1=C(N2CCOCC2)C(=Cc2ccccc2)CC1. The summed E-state index contributed by atoms with van der Waals surface area (Å²) in [5, 5.41) is 18.9. The quantitative estimate of drug-likeness (QED) is 0.408. The molecular weight excluding hydrogens is 378 g/mol. The molecule has 0 saturated carbocycles. The van der Waals surface area contributed by atoms with Crippen molar-refractivity contribution in [3.63, 3.8) is 0 Å². The molecule has 1 aliphatic heterocycles. The molecule has 0 N–H and O–H groups in total. The summed E-state index contributed by atoms with van der Waals surface area (Å²) in [4.78, 5) is 15.1. The monoisotopic (exact) mass is 403 g/mol. The Morgan fingerprint density at radius 3 is 2.57 bits per heavy atom. The Morgan fingerprint density at radius 1 is 1.20 bits per heavy atom. The summed E-state index contributed by atoms with van der Waals surface area (Å²) < 4.78 is 10.8. The fourth-order valence-electron chi connectivity index (χ4n) is 3.90. The molecule has 154 valence electrons. The van der Waals surface area contributed by atoms with Crippen molar-refractivity contribution in [1.29, 1.82) is 10.5 Å². The van der Waals surface area contributed by atoms with Crippen LogP contribution in [0.25, 0.3) is 6.08 Å². The highest BCUT2D eigenvalue weighted by Gasteiger charge is 2.32. The predicted molar refractivity (Wildman–Crippen MR) is 113 cm³/mol. The van der Waals surface area contributed by atoms with E-state index in [1.807, 2.05) is 36.4 Å². The van der Waals surface area contributed by atoms with Gasteiger partial charge in [-0.25, -0.2) is 4.79 Å². The van der Waals surface area contributed by atoms with Crippen LogP contribution in [0.2, 0.25) is 0 Å². The summed E-state index contributed by atoms with van der Waals surface area (Å²) in [5.41, 5.74) is 4.38. The zero-order valence-electron chi connectivity index (χ0n) is 17.2. The topological polar surface area (TPSA) is 86.3 Å². The number of carbonyl (C=O) groups is 1. The summed E-state index contributed by atoms with van der Waals surface area (Å²) in [5.74, 6) is -0.536. The molecule has 30 heavy (non-hydrogen) atoms. The minimum atomic E-state index is -0.536. The smallest absolute Gasteiger partial charge is 0.339 e. The van der Waals surface area contributed by atoms with Gasteiger partial charge in [-0.3, -0.25) is 0 Å². The fourth-order valence-corrected chi connectivity index (χ4v) is 3.90. The molecule has 1 saturated heterocycles. The van der Waals surface area contributed by atoms with Crippen LogP contribution in [-0.4, -0.2) is 43.8 Å². The van der Waals surface area contributed by atoms with Gasteiger partial charge in [-0.2, -0.15) is 10.5 Å². The second-order valence-electron chi connectivity index (χ2n) is 7.03. The lowest BCUT2D eigenvalue weighted by Crippen LogP contribution is -2.36. The molecule has 1 aromatic carbocycles. The Morgan fingerprint density at radius 2 is 1.93 bits per heavy atom. The molecule has 0 unspecified atom stereocenters. The van der Waals surface area contributed by atoms with E-state index in [0.717, 1.165) is 28.8 Å². The van der Waals surface area contributed by atoms with Gasteiger partial charge in [0.15, 0.2) is 0 Å². The van der Waals surface area contributed by atoms with Gasteiger partial charge in [-0.15, -0.1) is 0 Å². The van der Waals surface area contributed by atoms with Crippen LogP contribution in [0, 0.1) is 22.7 Å². The Labute approximate surface area is 177 Å². The Hall–Kier alpha value is -3.35. The van der Waals surface area contributed by atoms with Crippen LogP contribution in [0.3, 0.4) is 0 Å². The molecule has 0 bridgehead atoms. The first-order chi connectivity index (χ1) is 14.7. The summed E-state index contributed by atoms with van der Waals surface area (Å²) in [6.07, 6.45) is 3.39. The first kappa shape index (κ1) is 21.4. The molecule has 0 amide bonds. The van der Waals surface area contributed by atoms with Gasteiger partial charge in [-0.1, -0.05) is 30.3 Å². The summed E-state index contributed by atoms with van der Waals surface area (Å²) >= 11 is 0. The third-order valence-electron chi connectivity index (χ3n) is 5.18. The van der Waals surface area contributed by atoms with Crippen molar-refractivity contribution in [2.75, 3.05) is 32.9 Å². The van der Waals surface area contributed by atoms with E-state index >= 15 is 0 Å². The number of hydrogen-bond donors (Lipinski definition) is 0. The number of esters is 1. The summed E-state index contributed by atoms with van der Waals surface area (Å²) in [6.45, 7) is 4.58. The predicted octanol–water partition coefficient (Wildman–Crippen LogP) is 3.75. The van der Waals surface area contributed by atoms with Gasteiger partial charge in [0.05, 0.1) is 49.5 Å². The van der Waals surface area contributed by atoms with E-state index in [-0.39, 0.29) is 24.2 Å². The highest BCUT2D eigenvalue weighted by Crippen LogP contribution is 2.40. The highest BCUT2D eigenvalue weighted by atomic mass is 16.5. The lowest BCUT2D eigenvalue weighted by molar-refractivity contribution is -0.138. The van der Waals surface area contributed by atoms with Crippen LogP contribution in [-0.2, 0) is 14.3 Å². The van der Waals surface area contributed by atoms with Crippen LogP contribution in [0.4, 0.5) is 0 Å². The molecule has 0 aromatic heterocycles. The average Bonchev–Trinajstić information content (AvgIpc) is 3.17. The van der Waals surface area contributed by atoms with Crippen molar-refractivity contribution in [2.24, 2.45) is 0 Å². The van der Waals surface area contributed by atoms with Crippen molar-refractivity contribution in [3.8, 4) is 12.1 Å². The molecule has 0 atom stereocenters. The standard InChI is InChI=1S/C24H25N3O3/c1-2-30-24(28)22(20(17-26)10-11-25)21-9-8-19(16-18-6-4-3-5-7-18)23(21)27-12-14-29-15-13-27/h3-7,16H,2,8-10,12-15H2,1H3. The van der Waals surface area contributed by atoms with Gasteiger partial charge in [0.1, 0.15) is 0 Å². The van der Waals surface area contributed by atoms with Crippen LogP contribution >= 0.6 is 0 Å². The Kier molecular flexibility index (Phi) is 7.43. The maximum absolute atomic E-state index is 12.9. The van der Waals surface area contributed by atoms with E-state index in [1.165, 1.54) is 0 Å². The van der Waals surface area contributed by atoms with E-state index in [0.29, 0.717) is 32.7 Å². The number of ether oxygens (including phenoxy) is 2. The van der Waals surface area contributed by atoms with Gasteiger partial charge in [0.2, 0.25) is 0 Å². The number of nitriles is 2. The van der Waals surface area contributed by atoms with E-state index in [2.05, 4.69) is 17.0 Å². The number of benzene rings is 1. The zero-order valence-corrected chi connectivity index (χ0v) is 17.2. The minimum absolute atomic E-state index is 0.123. The fraction of sp³-hybridized carbons (Fsp3) is 0.375. The number of hydrogen-bond acceptors (Lipinski definition) is 6. The number of carbonyl (C=O) groups excluding carboxylic acids is 1. The van der Waals surface area contributed by atoms with E-state index < -0.39 is 5.97 Å². The average molecular weight is 403 g/mol. The van der Waals surface area contributed by atoms with Gasteiger partial charge in [0, 0.05) is 18.8 Å². The molecule has 6 nitrogen and oxygen atoms in total. The number of rotatable bonds is 6. The van der Waals surface area contributed by atoms with Gasteiger partial charge >= 0.3 is 5.97 Å². The Balaban J connectivity index is 2.18. The molecule has 1 fully saturated rings. The first-order valence-electron chi connectivity index (χ1n) is 10.2. The Bertz CT molecular complexity index is 956. The third kappa shape index (κ3) is 4.79. The molecule has 1 heterocycles. The second-order valence-corrected chi connectivity index (χ2v) is 7.03. The summed E-state index contributed by atoms with van der Waals surface area (Å²) in [7, 11) is 0. The van der Waals surface area contributed by atoms with Gasteiger partial charge in [0.25, 0.3) is 0 Å². The molecule has 0 radical (unpaired) electrons. The van der Waals surface area contributed by atoms with Gasteiger partial charge in [-0.05, 0) is 42.6 Å². The molecule has 6 heteroatoms. The van der Waals surface area contributed by atoms with E-state index in [1.54, 1.807) is 6.92 Å². The zero-order chi connectivity index (χ0) is 21.3. The van der Waals surface area contributed by atoms with Crippen molar-refractivity contribution in [3.05, 3.63) is 63.9 Å². The molecule has 3 rings (SSSR count). The normalized spacial score (nSPS) is 18.6. The first-order valence-corrected chi connectivity index (χ1v) is 10.2. The van der Waals surface area contributed by atoms with Crippen LogP contribution in [0.5, 0.6) is 0 Å². The maximum atomic E-state index is 12.9. The van der Waals surface area contributed by atoms with Crippen LogP contribution in [0.15, 0.2) is 58.3 Å². The molecule has 2 aliphatic rings. The molecule has 0 spiro atoms. The van der Waals surface area contributed by atoms with Gasteiger partial charge < -0.3 is 14.4 Å². The van der Waals surface area contributed by atoms with Crippen molar-refractivity contribution < 1.29 is 14.3 Å². The highest BCUT2D eigenvalue weighted by molar-refractivity contribution is 5.96. The van der Waals surface area contributed by atoms with Crippen LogP contribution < -0.4 is 0 Å². The lowest BCUT2D eigenvalue weighted by Gasteiger charge is -2.32. The van der Waals surface area contributed by atoms with E-state index in [4.69, 9.17) is 9.47 Å². The molecular formula is C24H25N3O3. The van der Waals surface area contributed by atoms with Crippen molar-refractivity contribution in [2.45, 2.75) is 26.2 Å². The second kappa shape index (κ2) is 10.4. The number of allylic oxidation sites excluding steroid dienone is 2. The minimum Gasteiger partial charge on any atom is -0.462 e. The van der Waals surface area contributed by atoms with Crippen LogP contribution in [0.1, 0.15) is 31.7 Å². The number of nitrogens with zero attached hydrogens (tertiary/aromatic N) is 3. The summed E-state index contributed by atoms with van der Waals surface area (Å²) in [6, 6.07) is 14.1. The van der Waals surface area contributed by atoms with E-state index in [9.17, 15) is 15.3 Å². The third-order valence-corrected chi connectivity index (χ3v) is 5.18. The molecule has 1 aliphatic carbocycles. The lowest BCUT2D eigenvalue weighted by atomic mass is 9.96. The van der Waals surface area contributed by atoms with Crippen molar-refractivity contribution in [1.82, 2.24) is 4.90 Å². The maximum Gasteiger partial charge on any atom is 0.339 e. The largest absolute Gasteiger partial charge is 0.462 e.